The summed E-state index contributed by atoms with van der Waals surface area (Å²) in [4.78, 5) is 17.1. The number of carbonyl (C=O) groups excluding carboxylic acids is 1. The Bertz CT molecular complexity index is 868. The second kappa shape index (κ2) is 5.98. The molecule has 0 radical (unpaired) electrons. The Balaban J connectivity index is 1.83. The lowest BCUT2D eigenvalue weighted by atomic mass is 9.81. The van der Waals surface area contributed by atoms with E-state index in [1.54, 1.807) is 18.2 Å². The average molecular weight is 323 g/mol. The molecular weight excluding hydrogens is 306 g/mol. The molecule has 116 valence electrons. The molecule has 1 aliphatic rings. The van der Waals surface area contributed by atoms with Gasteiger partial charge in [0, 0.05) is 0 Å². The number of anilines is 1. The fraction of sp³-hybridized carbons (Fsp3) is 0.278. The lowest BCUT2D eigenvalue weighted by Gasteiger charge is -2.26. The maximum atomic E-state index is 12.7. The highest BCUT2D eigenvalue weighted by Gasteiger charge is 2.31. The Labute approximate surface area is 139 Å². The van der Waals surface area contributed by atoms with Gasteiger partial charge in [-0.2, -0.15) is 5.26 Å². The van der Waals surface area contributed by atoms with Crippen LogP contribution in [0, 0.1) is 16.7 Å². The van der Waals surface area contributed by atoms with E-state index < -0.39 is 5.41 Å². The number of nitriles is 1. The fourth-order valence-corrected chi connectivity index (χ4v) is 3.41. The van der Waals surface area contributed by atoms with Crippen LogP contribution in [-0.2, 0) is 4.79 Å². The molecule has 23 heavy (non-hydrogen) atoms. The summed E-state index contributed by atoms with van der Waals surface area (Å²) < 4.78 is 0.897. The van der Waals surface area contributed by atoms with Crippen LogP contribution in [0.3, 0.4) is 0 Å². The second-order valence-electron chi connectivity index (χ2n) is 6.03. The summed E-state index contributed by atoms with van der Waals surface area (Å²) in [5.41, 5.74) is 1.82. The molecule has 1 aromatic heterocycles. The molecule has 2 aromatic rings. The van der Waals surface area contributed by atoms with E-state index >= 15 is 0 Å². The van der Waals surface area contributed by atoms with Crippen molar-refractivity contribution in [2.45, 2.75) is 26.7 Å². The van der Waals surface area contributed by atoms with E-state index in [1.807, 2.05) is 19.9 Å². The molecule has 1 heterocycles. The smallest absolute Gasteiger partial charge is 0.236 e. The maximum absolute atomic E-state index is 12.7. The number of amides is 1. The molecule has 1 amide bonds. The first-order chi connectivity index (χ1) is 11.0. The number of nitrogens with zero attached hydrogens (tertiary/aromatic N) is 2. The van der Waals surface area contributed by atoms with Gasteiger partial charge >= 0.3 is 0 Å². The van der Waals surface area contributed by atoms with Crippen molar-refractivity contribution in [1.82, 2.24) is 4.98 Å². The van der Waals surface area contributed by atoms with Crippen molar-refractivity contribution >= 4 is 32.6 Å². The zero-order valence-corrected chi connectivity index (χ0v) is 13.9. The standard InChI is InChI=1S/C18H17N3OS/c1-18(2,13-6-4-3-5-7-13)16(22)21-17-20-14-9-8-12(11-19)10-15(14)23-17/h4,6-10H,3,5H2,1-2H3,(H,20,21,22). The van der Waals surface area contributed by atoms with E-state index in [9.17, 15) is 4.79 Å². The van der Waals surface area contributed by atoms with Crippen LogP contribution in [0.5, 0.6) is 0 Å². The molecule has 1 aliphatic carbocycles. The molecule has 0 atom stereocenters. The molecule has 1 N–H and O–H groups in total. The van der Waals surface area contributed by atoms with E-state index in [2.05, 4.69) is 28.5 Å². The Kier molecular flexibility index (Phi) is 4.01. The first kappa shape index (κ1) is 15.4. The SMILES string of the molecule is CC(C)(C(=O)Nc1nc2ccc(C#N)cc2s1)C1=CCCC=C1. The molecule has 4 nitrogen and oxygen atoms in total. The fourth-order valence-electron chi connectivity index (χ4n) is 2.51. The Morgan fingerprint density at radius 3 is 2.91 bits per heavy atom. The van der Waals surface area contributed by atoms with Crippen LogP contribution in [-0.4, -0.2) is 10.9 Å². The van der Waals surface area contributed by atoms with Gasteiger partial charge in [0.05, 0.1) is 27.3 Å². The summed E-state index contributed by atoms with van der Waals surface area (Å²) >= 11 is 1.39. The predicted octanol–water partition coefficient (Wildman–Crippen LogP) is 4.41. The van der Waals surface area contributed by atoms with Crippen molar-refractivity contribution in [1.29, 1.82) is 5.26 Å². The van der Waals surface area contributed by atoms with Crippen LogP contribution < -0.4 is 5.32 Å². The highest BCUT2D eigenvalue weighted by Crippen LogP contribution is 2.33. The molecule has 5 heteroatoms. The lowest BCUT2D eigenvalue weighted by molar-refractivity contribution is -0.122. The Morgan fingerprint density at radius 2 is 2.22 bits per heavy atom. The largest absolute Gasteiger partial charge is 0.301 e. The molecule has 1 aromatic carbocycles. The van der Waals surface area contributed by atoms with Crippen molar-refractivity contribution in [2.24, 2.45) is 5.41 Å². The van der Waals surface area contributed by atoms with Gasteiger partial charge < -0.3 is 5.32 Å². The third kappa shape index (κ3) is 3.03. The van der Waals surface area contributed by atoms with Crippen molar-refractivity contribution in [2.75, 3.05) is 5.32 Å². The first-order valence-corrected chi connectivity index (χ1v) is 8.31. The normalized spacial score (nSPS) is 14.4. The van der Waals surface area contributed by atoms with Gasteiger partial charge in [0.2, 0.25) is 5.91 Å². The predicted molar refractivity (Wildman–Crippen MR) is 93.2 cm³/mol. The van der Waals surface area contributed by atoms with Gasteiger partial charge in [0.15, 0.2) is 5.13 Å². The molecule has 3 rings (SSSR count). The van der Waals surface area contributed by atoms with Crippen LogP contribution >= 0.6 is 11.3 Å². The van der Waals surface area contributed by atoms with Gasteiger partial charge in [-0.1, -0.05) is 29.6 Å². The number of nitrogens with one attached hydrogen (secondary N) is 1. The zero-order valence-electron chi connectivity index (χ0n) is 13.1. The van der Waals surface area contributed by atoms with Gasteiger partial charge in [0.1, 0.15) is 0 Å². The minimum Gasteiger partial charge on any atom is -0.301 e. The van der Waals surface area contributed by atoms with Gasteiger partial charge in [-0.3, -0.25) is 4.79 Å². The van der Waals surface area contributed by atoms with E-state index in [0.717, 1.165) is 28.6 Å². The summed E-state index contributed by atoms with van der Waals surface area (Å²) in [6.45, 7) is 3.84. The first-order valence-electron chi connectivity index (χ1n) is 7.50. The number of aromatic nitrogens is 1. The molecular formula is C18H17N3OS. The van der Waals surface area contributed by atoms with E-state index in [1.165, 1.54) is 11.3 Å². The molecule has 0 spiro atoms. The highest BCUT2D eigenvalue weighted by atomic mass is 32.1. The van der Waals surface area contributed by atoms with E-state index in [0.29, 0.717) is 10.7 Å². The van der Waals surface area contributed by atoms with E-state index in [-0.39, 0.29) is 5.91 Å². The van der Waals surface area contributed by atoms with Gasteiger partial charge in [-0.15, -0.1) is 0 Å². The monoisotopic (exact) mass is 323 g/mol. The van der Waals surface area contributed by atoms with Crippen molar-refractivity contribution in [3.8, 4) is 6.07 Å². The zero-order chi connectivity index (χ0) is 16.4. The minimum atomic E-state index is -0.605. The number of benzene rings is 1. The van der Waals surface area contributed by atoms with Gasteiger partial charge in [-0.05, 0) is 50.5 Å². The Hall–Kier alpha value is -2.45. The van der Waals surface area contributed by atoms with Crippen LogP contribution in [0.1, 0.15) is 32.3 Å². The Morgan fingerprint density at radius 1 is 1.39 bits per heavy atom. The van der Waals surface area contributed by atoms with E-state index in [4.69, 9.17) is 5.26 Å². The van der Waals surface area contributed by atoms with Crippen LogP contribution in [0.15, 0.2) is 42.0 Å². The average Bonchev–Trinajstić information content (AvgIpc) is 2.96. The third-order valence-corrected chi connectivity index (χ3v) is 4.96. The summed E-state index contributed by atoms with van der Waals surface area (Å²) in [7, 11) is 0. The highest BCUT2D eigenvalue weighted by molar-refractivity contribution is 7.22. The number of thiazole rings is 1. The van der Waals surface area contributed by atoms with Crippen LogP contribution in [0.25, 0.3) is 10.2 Å². The van der Waals surface area contributed by atoms with Crippen LogP contribution in [0.2, 0.25) is 0 Å². The van der Waals surface area contributed by atoms with Crippen molar-refractivity contribution in [3.63, 3.8) is 0 Å². The molecule has 0 bridgehead atoms. The number of rotatable bonds is 3. The second-order valence-corrected chi connectivity index (χ2v) is 7.06. The van der Waals surface area contributed by atoms with Crippen molar-refractivity contribution in [3.05, 3.63) is 47.6 Å². The lowest BCUT2D eigenvalue weighted by Crippen LogP contribution is -2.32. The molecule has 0 saturated heterocycles. The summed E-state index contributed by atoms with van der Waals surface area (Å²) in [6, 6.07) is 7.44. The van der Waals surface area contributed by atoms with Gasteiger partial charge in [0.25, 0.3) is 0 Å². The molecule has 0 unspecified atom stereocenters. The summed E-state index contributed by atoms with van der Waals surface area (Å²) in [5, 5.41) is 12.4. The summed E-state index contributed by atoms with van der Waals surface area (Å²) in [6.07, 6.45) is 8.25. The van der Waals surface area contributed by atoms with Crippen LogP contribution in [0.4, 0.5) is 5.13 Å². The molecule has 0 aliphatic heterocycles. The van der Waals surface area contributed by atoms with Gasteiger partial charge in [-0.25, -0.2) is 4.98 Å². The summed E-state index contributed by atoms with van der Waals surface area (Å²) in [5.74, 6) is -0.0742. The topological polar surface area (TPSA) is 65.8 Å². The minimum absolute atomic E-state index is 0.0742. The van der Waals surface area contributed by atoms with Crippen molar-refractivity contribution < 1.29 is 4.79 Å². The number of hydrogen-bond donors (Lipinski definition) is 1. The number of hydrogen-bond acceptors (Lipinski definition) is 4. The third-order valence-electron chi connectivity index (χ3n) is 4.02. The molecule has 0 fully saturated rings. The maximum Gasteiger partial charge on any atom is 0.236 e. The quantitative estimate of drug-likeness (QED) is 0.910. The number of fused-ring (bicyclic) bond motifs is 1. The number of carbonyl (C=O) groups is 1. The number of allylic oxidation sites excluding steroid dienone is 3. The molecule has 0 saturated carbocycles.